The molecule has 3 saturated heterocycles. The summed E-state index contributed by atoms with van der Waals surface area (Å²) in [7, 11) is 0. The molecule has 3 aliphatic rings. The van der Waals surface area contributed by atoms with E-state index in [9.17, 15) is 18.0 Å². The van der Waals surface area contributed by atoms with E-state index in [-0.39, 0.29) is 11.5 Å². The van der Waals surface area contributed by atoms with Gasteiger partial charge in [-0.25, -0.2) is 4.79 Å². The highest BCUT2D eigenvalue weighted by molar-refractivity contribution is 5.93. The van der Waals surface area contributed by atoms with Crippen molar-refractivity contribution >= 4 is 11.9 Å². The first kappa shape index (κ1) is 23.6. The van der Waals surface area contributed by atoms with Crippen molar-refractivity contribution in [1.82, 2.24) is 9.80 Å². The van der Waals surface area contributed by atoms with Crippen LogP contribution in [-0.4, -0.2) is 77.9 Å². The zero-order valence-electron chi connectivity index (χ0n) is 17.6. The Hall–Kier alpha value is -2.07. The van der Waals surface area contributed by atoms with E-state index in [2.05, 4.69) is 4.90 Å². The number of hydrogen-bond donors (Lipinski definition) is 1. The summed E-state index contributed by atoms with van der Waals surface area (Å²) in [6.07, 6.45) is 2.88. The van der Waals surface area contributed by atoms with Gasteiger partial charge in [0.15, 0.2) is 5.76 Å². The molecule has 1 aromatic rings. The number of halogens is 3. The molecule has 0 aromatic carbocycles. The number of carbonyl (C=O) groups is 2. The molecular formula is C21H29F3N2O5. The largest absolute Gasteiger partial charge is 0.490 e. The van der Waals surface area contributed by atoms with E-state index in [1.165, 1.54) is 45.3 Å². The molecule has 7 nitrogen and oxygen atoms in total. The lowest BCUT2D eigenvalue weighted by molar-refractivity contribution is -0.192. The summed E-state index contributed by atoms with van der Waals surface area (Å²) >= 11 is 0. The van der Waals surface area contributed by atoms with Gasteiger partial charge in [0, 0.05) is 12.1 Å². The zero-order chi connectivity index (χ0) is 22.6. The van der Waals surface area contributed by atoms with Crippen LogP contribution in [0.3, 0.4) is 0 Å². The van der Waals surface area contributed by atoms with Crippen LogP contribution in [-0.2, 0) is 9.53 Å². The van der Waals surface area contributed by atoms with Crippen LogP contribution >= 0.6 is 0 Å². The number of likely N-dealkylation sites (tertiary alicyclic amines) is 2. The van der Waals surface area contributed by atoms with Crippen molar-refractivity contribution in [3.05, 3.63) is 23.7 Å². The van der Waals surface area contributed by atoms with Crippen LogP contribution in [0, 0.1) is 12.8 Å². The number of furan rings is 1. The Balaban J connectivity index is 0.000000339. The fraction of sp³-hybridized carbons (Fsp3) is 0.714. The topological polar surface area (TPSA) is 83.2 Å². The van der Waals surface area contributed by atoms with Gasteiger partial charge in [-0.2, -0.15) is 13.2 Å². The predicted octanol–water partition coefficient (Wildman–Crippen LogP) is 3.33. The number of amides is 1. The highest BCUT2D eigenvalue weighted by Gasteiger charge is 2.49. The maximum Gasteiger partial charge on any atom is 0.490 e. The van der Waals surface area contributed by atoms with Crippen LogP contribution in [0.15, 0.2) is 16.7 Å². The number of hydrogen-bond acceptors (Lipinski definition) is 5. The van der Waals surface area contributed by atoms with E-state index < -0.39 is 12.1 Å². The molecular weight excluding hydrogens is 417 g/mol. The average molecular weight is 446 g/mol. The van der Waals surface area contributed by atoms with Gasteiger partial charge in [0.1, 0.15) is 5.60 Å². The van der Waals surface area contributed by atoms with Crippen molar-refractivity contribution in [2.24, 2.45) is 5.92 Å². The monoisotopic (exact) mass is 446 g/mol. The first-order valence-electron chi connectivity index (χ1n) is 10.6. The molecule has 31 heavy (non-hydrogen) atoms. The fourth-order valence-corrected chi connectivity index (χ4v) is 4.35. The average Bonchev–Trinajstić information content (AvgIpc) is 3.13. The SMILES string of the molecule is Cc1ccoc1C(=O)N1CC2(CCC(CN3CCCCC3)CO2)C1.O=C(O)C(F)(F)F. The Kier molecular flexibility index (Phi) is 7.31. The van der Waals surface area contributed by atoms with Crippen molar-refractivity contribution in [3.63, 3.8) is 0 Å². The standard InChI is InChI=1S/C19H28N2O3.C2HF3O2/c1-15-6-10-23-17(15)18(22)21-13-19(14-21)7-5-16(12-24-19)11-20-8-3-2-4-9-20;3-2(4,5)1(6)7/h6,10,16H,2-5,7-9,11-14H2,1H3;(H,6,7). The molecule has 0 radical (unpaired) electrons. The first-order chi connectivity index (χ1) is 14.6. The van der Waals surface area contributed by atoms with Crippen LogP contribution in [0.25, 0.3) is 0 Å². The van der Waals surface area contributed by atoms with Gasteiger partial charge in [0.05, 0.1) is 26.0 Å². The summed E-state index contributed by atoms with van der Waals surface area (Å²) in [5, 5.41) is 7.12. The third kappa shape index (κ3) is 6.00. The zero-order valence-corrected chi connectivity index (χ0v) is 17.6. The number of alkyl halides is 3. The molecule has 174 valence electrons. The van der Waals surface area contributed by atoms with Gasteiger partial charge in [-0.3, -0.25) is 4.79 Å². The van der Waals surface area contributed by atoms with Gasteiger partial charge >= 0.3 is 12.1 Å². The lowest BCUT2D eigenvalue weighted by Gasteiger charge is -2.52. The Morgan fingerprint density at radius 1 is 1.23 bits per heavy atom. The quantitative estimate of drug-likeness (QED) is 0.767. The number of ether oxygens (including phenoxy) is 1. The predicted molar refractivity (Wildman–Crippen MR) is 105 cm³/mol. The van der Waals surface area contributed by atoms with Crippen LogP contribution in [0.5, 0.6) is 0 Å². The van der Waals surface area contributed by atoms with Crippen molar-refractivity contribution < 1.29 is 37.0 Å². The number of carboxylic acid groups (broad SMARTS) is 1. The molecule has 10 heteroatoms. The van der Waals surface area contributed by atoms with Crippen LogP contribution in [0.1, 0.15) is 48.2 Å². The van der Waals surface area contributed by atoms with E-state index in [1.807, 2.05) is 17.9 Å². The second-order valence-electron chi connectivity index (χ2n) is 8.66. The number of aliphatic carboxylic acids is 1. The smallest absolute Gasteiger partial charge is 0.475 e. The van der Waals surface area contributed by atoms with Crippen molar-refractivity contribution in [3.8, 4) is 0 Å². The molecule has 1 aromatic heterocycles. The number of carbonyl (C=O) groups excluding carboxylic acids is 1. The van der Waals surface area contributed by atoms with Gasteiger partial charge in [-0.15, -0.1) is 0 Å². The molecule has 0 aliphatic carbocycles. The Morgan fingerprint density at radius 3 is 2.35 bits per heavy atom. The van der Waals surface area contributed by atoms with E-state index in [4.69, 9.17) is 19.1 Å². The normalized spacial score (nSPS) is 23.6. The van der Waals surface area contributed by atoms with Crippen molar-refractivity contribution in [2.75, 3.05) is 39.3 Å². The van der Waals surface area contributed by atoms with E-state index in [0.29, 0.717) is 24.8 Å². The summed E-state index contributed by atoms with van der Waals surface area (Å²) < 4.78 is 43.3. The number of aryl methyl sites for hydroxylation is 1. The second-order valence-corrected chi connectivity index (χ2v) is 8.66. The molecule has 4 heterocycles. The van der Waals surface area contributed by atoms with Crippen molar-refractivity contribution in [2.45, 2.75) is 50.8 Å². The summed E-state index contributed by atoms with van der Waals surface area (Å²) in [4.78, 5) is 25.8. The molecule has 1 N–H and O–H groups in total. The summed E-state index contributed by atoms with van der Waals surface area (Å²) in [5.74, 6) is -1.62. The van der Waals surface area contributed by atoms with Gasteiger partial charge in [-0.05, 0) is 57.7 Å². The molecule has 1 spiro atoms. The van der Waals surface area contributed by atoms with Gasteiger partial charge in [0.2, 0.25) is 0 Å². The summed E-state index contributed by atoms with van der Waals surface area (Å²) in [5.41, 5.74) is 0.821. The number of nitrogens with zero attached hydrogens (tertiary/aromatic N) is 2. The molecule has 0 saturated carbocycles. The maximum absolute atomic E-state index is 12.4. The number of piperidine rings is 1. The Morgan fingerprint density at radius 2 is 1.87 bits per heavy atom. The second kappa shape index (κ2) is 9.60. The third-order valence-electron chi connectivity index (χ3n) is 6.14. The fourth-order valence-electron chi connectivity index (χ4n) is 4.35. The highest BCUT2D eigenvalue weighted by Crippen LogP contribution is 2.37. The number of carboxylic acids is 1. The van der Waals surface area contributed by atoms with E-state index >= 15 is 0 Å². The molecule has 4 rings (SSSR count). The van der Waals surface area contributed by atoms with Crippen LogP contribution < -0.4 is 0 Å². The molecule has 3 aliphatic heterocycles. The minimum Gasteiger partial charge on any atom is -0.475 e. The third-order valence-corrected chi connectivity index (χ3v) is 6.14. The lowest BCUT2D eigenvalue weighted by Crippen LogP contribution is -2.66. The number of rotatable bonds is 3. The summed E-state index contributed by atoms with van der Waals surface area (Å²) in [6, 6.07) is 1.84. The minimum atomic E-state index is -5.08. The molecule has 1 amide bonds. The van der Waals surface area contributed by atoms with Crippen LogP contribution in [0.2, 0.25) is 0 Å². The minimum absolute atomic E-state index is 0.00200. The maximum atomic E-state index is 12.4. The lowest BCUT2D eigenvalue weighted by atomic mass is 9.82. The molecule has 3 fully saturated rings. The molecule has 0 bridgehead atoms. The Bertz CT molecular complexity index is 757. The van der Waals surface area contributed by atoms with E-state index in [0.717, 1.165) is 18.6 Å². The van der Waals surface area contributed by atoms with Gasteiger partial charge < -0.3 is 24.1 Å². The molecule has 1 atom stereocenters. The van der Waals surface area contributed by atoms with Crippen molar-refractivity contribution in [1.29, 1.82) is 0 Å². The first-order valence-corrected chi connectivity index (χ1v) is 10.6. The Labute approximate surface area is 179 Å². The van der Waals surface area contributed by atoms with Gasteiger partial charge in [-0.1, -0.05) is 6.42 Å². The van der Waals surface area contributed by atoms with Crippen LogP contribution in [0.4, 0.5) is 13.2 Å². The summed E-state index contributed by atoms with van der Waals surface area (Å²) in [6.45, 7) is 7.88. The highest BCUT2D eigenvalue weighted by atomic mass is 19.4. The van der Waals surface area contributed by atoms with Gasteiger partial charge in [0.25, 0.3) is 5.91 Å². The molecule has 1 unspecified atom stereocenters. The van der Waals surface area contributed by atoms with E-state index in [1.54, 1.807) is 6.26 Å².